The first-order valence-electron chi connectivity index (χ1n) is 10.7. The van der Waals surface area contributed by atoms with Crippen LogP contribution in [0.2, 0.25) is 5.54 Å². The highest BCUT2D eigenvalue weighted by Gasteiger charge is 2.50. The normalized spacial score (nSPS) is 33.1. The Morgan fingerprint density at radius 2 is 1.25 bits per heavy atom. The Hall–Kier alpha value is 0.757. The lowest BCUT2D eigenvalue weighted by molar-refractivity contribution is 0.244. The molecule has 0 aromatic carbocycles. The molecule has 1 aliphatic heterocycles. The Balaban J connectivity index is 1.75. The lowest BCUT2D eigenvalue weighted by atomic mass is 9.81. The van der Waals surface area contributed by atoms with Gasteiger partial charge in [0.15, 0.2) is 0 Å². The topological polar surface area (TPSA) is 3.24 Å². The van der Waals surface area contributed by atoms with Gasteiger partial charge in [-0.2, -0.15) is 0 Å². The summed E-state index contributed by atoms with van der Waals surface area (Å²) >= 11 is 14.6. The fourth-order valence-electron chi connectivity index (χ4n) is 5.61. The molecule has 3 fully saturated rings. The van der Waals surface area contributed by atoms with Crippen molar-refractivity contribution < 1.29 is 0 Å². The molecule has 2 aliphatic carbocycles. The van der Waals surface area contributed by atoms with Crippen LogP contribution in [0.4, 0.5) is 0 Å². The Labute approximate surface area is 160 Å². The number of hydrogen-bond donors (Lipinski definition) is 0. The highest BCUT2D eigenvalue weighted by molar-refractivity contribution is 7.44. The van der Waals surface area contributed by atoms with E-state index < -0.39 is 6.86 Å². The van der Waals surface area contributed by atoms with E-state index in [9.17, 15) is 0 Å². The summed E-state index contributed by atoms with van der Waals surface area (Å²) in [5.41, 5.74) is 0.611. The van der Waals surface area contributed by atoms with Gasteiger partial charge in [-0.15, -0.1) is 22.2 Å². The van der Waals surface area contributed by atoms with Crippen molar-refractivity contribution in [1.82, 2.24) is 4.57 Å². The van der Waals surface area contributed by atoms with Crippen molar-refractivity contribution in [2.75, 3.05) is 13.1 Å². The molecule has 1 saturated heterocycles. The molecule has 2 unspecified atom stereocenters. The van der Waals surface area contributed by atoms with E-state index in [0.29, 0.717) is 5.54 Å². The van der Waals surface area contributed by atoms with Gasteiger partial charge in [-0.05, 0) is 55.6 Å². The number of rotatable bonds is 3. The third-order valence-corrected chi connectivity index (χ3v) is 13.2. The average molecular weight is 391 g/mol. The van der Waals surface area contributed by atoms with Crippen LogP contribution in [0.15, 0.2) is 0 Å². The van der Waals surface area contributed by atoms with Crippen LogP contribution in [-0.2, 0) is 0 Å². The lowest BCUT2D eigenvalue weighted by Crippen LogP contribution is -2.53. The van der Waals surface area contributed by atoms with Gasteiger partial charge >= 0.3 is 6.86 Å². The molecular weight excluding hydrogens is 353 g/mol. The van der Waals surface area contributed by atoms with Crippen molar-refractivity contribution in [3.63, 3.8) is 0 Å². The van der Waals surface area contributed by atoms with Crippen LogP contribution in [0.25, 0.3) is 0 Å². The number of halogens is 2. The minimum atomic E-state index is -2.35. The number of nitrogens with zero attached hydrogens (tertiary/aromatic N) is 1. The van der Waals surface area contributed by atoms with Crippen LogP contribution in [0, 0.1) is 17.8 Å². The van der Waals surface area contributed by atoms with Crippen LogP contribution in [0.3, 0.4) is 0 Å². The quantitative estimate of drug-likeness (QED) is 0.283. The molecule has 3 aliphatic rings. The van der Waals surface area contributed by atoms with Gasteiger partial charge in [0.25, 0.3) is 0 Å². The van der Waals surface area contributed by atoms with Gasteiger partial charge in [-0.25, -0.2) is 0 Å². The molecule has 3 rings (SSSR count). The monoisotopic (exact) mass is 389 g/mol. The van der Waals surface area contributed by atoms with Gasteiger partial charge in [0, 0.05) is 0 Å². The highest BCUT2D eigenvalue weighted by Crippen LogP contribution is 2.51. The maximum absolute atomic E-state index is 7.30. The lowest BCUT2D eigenvalue weighted by Gasteiger charge is -2.45. The van der Waals surface area contributed by atoms with Crippen LogP contribution < -0.4 is 0 Å². The molecule has 0 N–H and O–H groups in total. The number of piperidine rings is 1. The molecule has 2 atom stereocenters. The molecule has 4 heteroatoms. The fraction of sp³-hybridized carbons (Fsp3) is 1.00. The minimum absolute atomic E-state index is 0.611. The van der Waals surface area contributed by atoms with E-state index in [0.717, 1.165) is 30.8 Å². The first kappa shape index (κ1) is 19.5. The molecule has 0 aromatic heterocycles. The second-order valence-corrected chi connectivity index (χ2v) is 15.5. The zero-order valence-corrected chi connectivity index (χ0v) is 18.1. The van der Waals surface area contributed by atoms with Crippen LogP contribution >= 0.6 is 22.2 Å². The predicted molar refractivity (Wildman–Crippen MR) is 109 cm³/mol. The second kappa shape index (κ2) is 9.11. The molecule has 24 heavy (non-hydrogen) atoms. The third kappa shape index (κ3) is 4.72. The Bertz CT molecular complexity index is 374. The zero-order valence-electron chi connectivity index (χ0n) is 15.6. The average Bonchev–Trinajstić information content (AvgIpc) is 2.98. The van der Waals surface area contributed by atoms with E-state index in [1.54, 1.807) is 0 Å². The molecule has 0 radical (unpaired) electrons. The SMILES string of the molecule is CC1CCN([Si](Cl)(Cl)C2CCCCCC2C2CCCCCC2)CC1. The molecule has 0 amide bonds. The maximum Gasteiger partial charge on any atom is 0.328 e. The van der Waals surface area contributed by atoms with E-state index in [-0.39, 0.29) is 0 Å². The molecular formula is C20H37Cl2NSi. The van der Waals surface area contributed by atoms with E-state index >= 15 is 0 Å². The summed E-state index contributed by atoms with van der Waals surface area (Å²) in [6, 6.07) is 0. The van der Waals surface area contributed by atoms with Crippen molar-refractivity contribution in [2.45, 2.75) is 95.9 Å². The van der Waals surface area contributed by atoms with E-state index in [1.165, 1.54) is 83.5 Å². The van der Waals surface area contributed by atoms with Crippen molar-refractivity contribution in [3.05, 3.63) is 0 Å². The van der Waals surface area contributed by atoms with Gasteiger partial charge in [0.2, 0.25) is 0 Å². The molecule has 0 aromatic rings. The molecule has 1 heterocycles. The third-order valence-electron chi connectivity index (χ3n) is 7.23. The predicted octanol–water partition coefficient (Wildman–Crippen LogP) is 7.06. The first-order chi connectivity index (χ1) is 11.6. The number of hydrogen-bond acceptors (Lipinski definition) is 1. The van der Waals surface area contributed by atoms with Crippen LogP contribution in [0.1, 0.15) is 90.4 Å². The summed E-state index contributed by atoms with van der Waals surface area (Å²) in [7, 11) is 0. The van der Waals surface area contributed by atoms with Crippen molar-refractivity contribution >= 4 is 29.0 Å². The standard InChI is InChI=1S/C20H37Cl2NSi/c1-17-13-15-23(16-14-17)24(21,22)20-12-8-4-7-11-19(20)18-9-5-2-3-6-10-18/h17-20H,2-16H2,1H3. The first-order valence-corrected chi connectivity index (χ1v) is 14.8. The Morgan fingerprint density at radius 1 is 0.708 bits per heavy atom. The molecule has 1 nitrogen and oxygen atoms in total. The molecule has 0 spiro atoms. The van der Waals surface area contributed by atoms with E-state index in [1.807, 2.05) is 0 Å². The largest absolute Gasteiger partial charge is 0.328 e. The summed E-state index contributed by atoms with van der Waals surface area (Å²) in [4.78, 5) is 0. The molecule has 140 valence electrons. The van der Waals surface area contributed by atoms with Gasteiger partial charge in [0.1, 0.15) is 0 Å². The van der Waals surface area contributed by atoms with E-state index in [4.69, 9.17) is 22.2 Å². The van der Waals surface area contributed by atoms with Crippen LogP contribution in [0.5, 0.6) is 0 Å². The van der Waals surface area contributed by atoms with Crippen molar-refractivity contribution in [1.29, 1.82) is 0 Å². The van der Waals surface area contributed by atoms with Crippen molar-refractivity contribution in [3.8, 4) is 0 Å². The summed E-state index contributed by atoms with van der Waals surface area (Å²) in [5, 5.41) is 0. The van der Waals surface area contributed by atoms with Gasteiger partial charge < -0.3 is 0 Å². The zero-order chi connectivity index (χ0) is 17.0. The summed E-state index contributed by atoms with van der Waals surface area (Å²) < 4.78 is 2.57. The van der Waals surface area contributed by atoms with Gasteiger partial charge in [-0.3, -0.25) is 4.57 Å². The van der Waals surface area contributed by atoms with Crippen LogP contribution in [-0.4, -0.2) is 24.5 Å². The van der Waals surface area contributed by atoms with Gasteiger partial charge in [-0.1, -0.05) is 71.1 Å². The second-order valence-electron chi connectivity index (χ2n) is 8.92. The summed E-state index contributed by atoms with van der Waals surface area (Å²) in [6.45, 7) is 2.32. The van der Waals surface area contributed by atoms with E-state index in [2.05, 4.69) is 11.5 Å². The minimum Gasteiger partial charge on any atom is -0.300 e. The van der Waals surface area contributed by atoms with Crippen molar-refractivity contribution in [2.24, 2.45) is 17.8 Å². The Morgan fingerprint density at radius 3 is 1.92 bits per heavy atom. The highest BCUT2D eigenvalue weighted by atomic mass is 35.7. The summed E-state index contributed by atoms with van der Waals surface area (Å²) in [5.74, 6) is 2.57. The fourth-order valence-corrected chi connectivity index (χ4v) is 11.1. The maximum atomic E-state index is 7.30. The molecule has 2 saturated carbocycles. The smallest absolute Gasteiger partial charge is 0.300 e. The molecule has 0 bridgehead atoms. The van der Waals surface area contributed by atoms with Gasteiger partial charge in [0.05, 0.1) is 0 Å². The summed E-state index contributed by atoms with van der Waals surface area (Å²) in [6.07, 6.45) is 18.1. The Kier molecular flexibility index (Phi) is 7.41.